The summed E-state index contributed by atoms with van der Waals surface area (Å²) in [6.07, 6.45) is 5.99. The van der Waals surface area contributed by atoms with Gasteiger partial charge in [0.15, 0.2) is 0 Å². The molecular formula is C11H16O4. The molecule has 4 nitrogen and oxygen atoms in total. The molecule has 0 unspecified atom stereocenters. The lowest BCUT2D eigenvalue weighted by atomic mass is 9.98. The first-order valence-corrected chi connectivity index (χ1v) is 5.15. The molecule has 0 heterocycles. The standard InChI is InChI=1S/C11H16O4/c1-15-11(14)9(7-10(12)13)6-8-4-2-3-5-8/h7-8H,2-6H2,1H3,(H,12,13). The highest BCUT2D eigenvalue weighted by Crippen LogP contribution is 2.30. The van der Waals surface area contributed by atoms with Gasteiger partial charge in [0.1, 0.15) is 0 Å². The van der Waals surface area contributed by atoms with E-state index in [4.69, 9.17) is 5.11 Å². The van der Waals surface area contributed by atoms with Crippen LogP contribution in [-0.4, -0.2) is 24.2 Å². The smallest absolute Gasteiger partial charge is 0.333 e. The fraction of sp³-hybridized carbons (Fsp3) is 0.636. The molecular weight excluding hydrogens is 196 g/mol. The summed E-state index contributed by atoms with van der Waals surface area (Å²) in [5.74, 6) is -1.17. The zero-order chi connectivity index (χ0) is 11.3. The van der Waals surface area contributed by atoms with Gasteiger partial charge in [-0.3, -0.25) is 0 Å². The van der Waals surface area contributed by atoms with E-state index in [1.54, 1.807) is 0 Å². The minimum absolute atomic E-state index is 0.275. The van der Waals surface area contributed by atoms with Gasteiger partial charge < -0.3 is 9.84 Å². The molecule has 1 saturated carbocycles. The first-order valence-electron chi connectivity index (χ1n) is 5.15. The summed E-state index contributed by atoms with van der Waals surface area (Å²) < 4.78 is 4.55. The van der Waals surface area contributed by atoms with Crippen molar-refractivity contribution in [2.45, 2.75) is 32.1 Å². The van der Waals surface area contributed by atoms with E-state index in [0.717, 1.165) is 18.9 Å². The number of esters is 1. The highest BCUT2D eigenvalue weighted by atomic mass is 16.5. The summed E-state index contributed by atoms with van der Waals surface area (Å²) >= 11 is 0. The molecule has 15 heavy (non-hydrogen) atoms. The summed E-state index contributed by atoms with van der Waals surface area (Å²) in [6.45, 7) is 0. The van der Waals surface area contributed by atoms with Crippen molar-refractivity contribution in [2.24, 2.45) is 5.92 Å². The second kappa shape index (κ2) is 5.53. The van der Waals surface area contributed by atoms with Gasteiger partial charge in [0.2, 0.25) is 0 Å². The third-order valence-electron chi connectivity index (χ3n) is 2.73. The van der Waals surface area contributed by atoms with Crippen LogP contribution in [0, 0.1) is 5.92 Å². The molecule has 0 radical (unpaired) electrons. The van der Waals surface area contributed by atoms with Crippen LogP contribution in [-0.2, 0) is 14.3 Å². The van der Waals surface area contributed by atoms with Gasteiger partial charge in [0, 0.05) is 11.6 Å². The number of methoxy groups -OCH3 is 1. The molecule has 0 bridgehead atoms. The molecule has 1 N–H and O–H groups in total. The fourth-order valence-electron chi connectivity index (χ4n) is 2.01. The summed E-state index contributed by atoms with van der Waals surface area (Å²) in [4.78, 5) is 21.8. The lowest BCUT2D eigenvalue weighted by Crippen LogP contribution is -2.10. The van der Waals surface area contributed by atoms with E-state index in [1.165, 1.54) is 20.0 Å². The minimum atomic E-state index is -1.09. The van der Waals surface area contributed by atoms with E-state index >= 15 is 0 Å². The topological polar surface area (TPSA) is 63.6 Å². The van der Waals surface area contributed by atoms with Gasteiger partial charge >= 0.3 is 11.9 Å². The number of ether oxygens (including phenoxy) is 1. The monoisotopic (exact) mass is 212 g/mol. The van der Waals surface area contributed by atoms with Gasteiger partial charge in [-0.05, 0) is 12.3 Å². The van der Waals surface area contributed by atoms with Crippen LogP contribution in [0.15, 0.2) is 11.6 Å². The number of hydrogen-bond donors (Lipinski definition) is 1. The van der Waals surface area contributed by atoms with Crippen LogP contribution in [0.25, 0.3) is 0 Å². The first kappa shape index (κ1) is 11.8. The maximum absolute atomic E-state index is 11.3. The van der Waals surface area contributed by atoms with Crippen molar-refractivity contribution in [3.05, 3.63) is 11.6 Å². The molecule has 0 amide bonds. The molecule has 0 aromatic heterocycles. The molecule has 4 heteroatoms. The lowest BCUT2D eigenvalue weighted by Gasteiger charge is -2.10. The van der Waals surface area contributed by atoms with Crippen molar-refractivity contribution in [1.82, 2.24) is 0 Å². The summed E-state index contributed by atoms with van der Waals surface area (Å²) in [5, 5.41) is 8.62. The molecule has 1 aliphatic rings. The van der Waals surface area contributed by atoms with Crippen LogP contribution in [0.1, 0.15) is 32.1 Å². The highest BCUT2D eigenvalue weighted by Gasteiger charge is 2.21. The SMILES string of the molecule is COC(=O)C(=CC(=O)O)CC1CCCC1. The van der Waals surface area contributed by atoms with Gasteiger partial charge in [0.05, 0.1) is 7.11 Å². The molecule has 84 valence electrons. The molecule has 1 fully saturated rings. The molecule has 1 rings (SSSR count). The van der Waals surface area contributed by atoms with E-state index in [2.05, 4.69) is 4.74 Å². The van der Waals surface area contributed by atoms with Crippen LogP contribution in [0.5, 0.6) is 0 Å². The molecule has 1 aliphatic carbocycles. The number of carbonyl (C=O) groups excluding carboxylic acids is 1. The van der Waals surface area contributed by atoms with Crippen molar-refractivity contribution >= 4 is 11.9 Å². The average Bonchev–Trinajstić information content (AvgIpc) is 2.67. The third-order valence-corrected chi connectivity index (χ3v) is 2.73. The number of aliphatic carboxylic acids is 1. The molecule has 0 aliphatic heterocycles. The van der Waals surface area contributed by atoms with Gasteiger partial charge in [-0.25, -0.2) is 9.59 Å². The van der Waals surface area contributed by atoms with Gasteiger partial charge in [-0.15, -0.1) is 0 Å². The summed E-state index contributed by atoms with van der Waals surface area (Å²) in [6, 6.07) is 0. The van der Waals surface area contributed by atoms with E-state index in [1.807, 2.05) is 0 Å². The van der Waals surface area contributed by atoms with Crippen molar-refractivity contribution in [2.75, 3.05) is 7.11 Å². The Kier molecular flexibility index (Phi) is 4.34. The van der Waals surface area contributed by atoms with Gasteiger partial charge in [0.25, 0.3) is 0 Å². The third kappa shape index (κ3) is 3.73. The quantitative estimate of drug-likeness (QED) is 0.569. The molecule has 0 aromatic carbocycles. The van der Waals surface area contributed by atoms with Crippen molar-refractivity contribution in [3.63, 3.8) is 0 Å². The van der Waals surface area contributed by atoms with E-state index < -0.39 is 11.9 Å². The zero-order valence-corrected chi connectivity index (χ0v) is 8.86. The van der Waals surface area contributed by atoms with Gasteiger partial charge in [-0.2, -0.15) is 0 Å². The molecule has 0 atom stereocenters. The Balaban J connectivity index is 2.63. The van der Waals surface area contributed by atoms with E-state index in [-0.39, 0.29) is 5.57 Å². The Bertz CT molecular complexity index is 274. The van der Waals surface area contributed by atoms with Crippen LogP contribution >= 0.6 is 0 Å². The Morgan fingerprint density at radius 3 is 2.47 bits per heavy atom. The van der Waals surface area contributed by atoms with Crippen LogP contribution in [0.3, 0.4) is 0 Å². The Hall–Kier alpha value is -1.32. The summed E-state index contributed by atoms with van der Waals surface area (Å²) in [7, 11) is 1.27. The largest absolute Gasteiger partial charge is 0.478 e. The predicted molar refractivity (Wildman–Crippen MR) is 54.3 cm³/mol. The molecule has 0 aromatic rings. The average molecular weight is 212 g/mol. The zero-order valence-electron chi connectivity index (χ0n) is 8.86. The number of rotatable bonds is 4. The lowest BCUT2D eigenvalue weighted by molar-refractivity contribution is -0.137. The number of carbonyl (C=O) groups is 2. The van der Waals surface area contributed by atoms with Crippen molar-refractivity contribution in [1.29, 1.82) is 0 Å². The minimum Gasteiger partial charge on any atom is -0.478 e. The Morgan fingerprint density at radius 1 is 1.40 bits per heavy atom. The predicted octanol–water partition coefficient (Wildman–Crippen LogP) is 1.75. The fourth-order valence-corrected chi connectivity index (χ4v) is 2.01. The van der Waals surface area contributed by atoms with Crippen LogP contribution in [0.4, 0.5) is 0 Å². The highest BCUT2D eigenvalue weighted by molar-refractivity contribution is 5.95. The normalized spacial score (nSPS) is 17.8. The number of carboxylic acid groups (broad SMARTS) is 1. The summed E-state index contributed by atoms with van der Waals surface area (Å²) in [5.41, 5.74) is 0.275. The van der Waals surface area contributed by atoms with Crippen molar-refractivity contribution < 1.29 is 19.4 Å². The van der Waals surface area contributed by atoms with Crippen molar-refractivity contribution in [3.8, 4) is 0 Å². The second-order valence-electron chi connectivity index (χ2n) is 3.85. The maximum Gasteiger partial charge on any atom is 0.333 e. The Labute approximate surface area is 88.9 Å². The second-order valence-corrected chi connectivity index (χ2v) is 3.85. The first-order chi connectivity index (χ1) is 7.13. The maximum atomic E-state index is 11.3. The Morgan fingerprint density at radius 2 is 2.00 bits per heavy atom. The molecule has 0 spiro atoms. The molecule has 0 saturated heterocycles. The number of hydrogen-bond acceptors (Lipinski definition) is 3. The van der Waals surface area contributed by atoms with E-state index in [9.17, 15) is 9.59 Å². The van der Waals surface area contributed by atoms with Crippen LogP contribution in [0.2, 0.25) is 0 Å². The number of carboxylic acids is 1. The van der Waals surface area contributed by atoms with Crippen LogP contribution < -0.4 is 0 Å². The van der Waals surface area contributed by atoms with E-state index in [0.29, 0.717) is 12.3 Å². The van der Waals surface area contributed by atoms with Gasteiger partial charge in [-0.1, -0.05) is 25.7 Å².